The van der Waals surface area contributed by atoms with Crippen molar-refractivity contribution in [2.75, 3.05) is 13.2 Å². The van der Waals surface area contributed by atoms with Crippen LogP contribution >= 0.6 is 0 Å². The first-order valence-corrected chi connectivity index (χ1v) is 4.87. The third-order valence-corrected chi connectivity index (χ3v) is 2.59. The number of ether oxygens (including phenoxy) is 3. The number of aliphatic hydroxyl groups is 1. The highest BCUT2D eigenvalue weighted by molar-refractivity contribution is 5.87. The van der Waals surface area contributed by atoms with Gasteiger partial charge < -0.3 is 19.3 Å². The monoisotopic (exact) mass is 214 g/mol. The first kappa shape index (κ1) is 10.6. The minimum atomic E-state index is -0.622. The van der Waals surface area contributed by atoms with Crippen molar-refractivity contribution in [2.45, 2.75) is 31.3 Å². The maximum absolute atomic E-state index is 11.3. The van der Waals surface area contributed by atoms with Gasteiger partial charge in [0.1, 0.15) is 18.3 Å². The number of aliphatic hydroxyl groups excluding tert-OH is 1. The maximum atomic E-state index is 11.3. The van der Waals surface area contributed by atoms with Crippen LogP contribution in [0.2, 0.25) is 0 Å². The Morgan fingerprint density at radius 2 is 2.07 bits per heavy atom. The Hall–Kier alpha value is -0.910. The van der Waals surface area contributed by atoms with Gasteiger partial charge in [-0.1, -0.05) is 6.58 Å². The second-order valence-corrected chi connectivity index (χ2v) is 3.89. The van der Waals surface area contributed by atoms with Gasteiger partial charge in [0.15, 0.2) is 6.10 Å². The molecular weight excluding hydrogens is 200 g/mol. The van der Waals surface area contributed by atoms with E-state index in [1.807, 2.05) is 0 Å². The van der Waals surface area contributed by atoms with E-state index in [9.17, 15) is 9.90 Å². The molecule has 4 atom stereocenters. The Morgan fingerprint density at radius 3 is 2.73 bits per heavy atom. The van der Waals surface area contributed by atoms with E-state index < -0.39 is 18.2 Å². The van der Waals surface area contributed by atoms with Crippen LogP contribution in [-0.4, -0.2) is 48.7 Å². The van der Waals surface area contributed by atoms with Gasteiger partial charge in [0, 0.05) is 5.57 Å². The number of fused-ring (bicyclic) bond motifs is 1. The van der Waals surface area contributed by atoms with Gasteiger partial charge in [-0.2, -0.15) is 0 Å². The van der Waals surface area contributed by atoms with Crippen LogP contribution < -0.4 is 0 Å². The van der Waals surface area contributed by atoms with Crippen LogP contribution in [0.4, 0.5) is 0 Å². The first-order chi connectivity index (χ1) is 7.09. The summed E-state index contributed by atoms with van der Waals surface area (Å²) in [5, 5.41) is 9.45. The van der Waals surface area contributed by atoms with Crippen molar-refractivity contribution < 1.29 is 24.1 Å². The fourth-order valence-corrected chi connectivity index (χ4v) is 1.78. The Bertz CT molecular complexity index is 288. The van der Waals surface area contributed by atoms with Gasteiger partial charge in [-0.05, 0) is 6.92 Å². The predicted molar refractivity (Wildman–Crippen MR) is 50.2 cm³/mol. The molecule has 5 nitrogen and oxygen atoms in total. The van der Waals surface area contributed by atoms with E-state index in [0.717, 1.165) is 0 Å². The van der Waals surface area contributed by atoms with E-state index in [4.69, 9.17) is 14.2 Å². The molecule has 2 aliphatic rings. The quantitative estimate of drug-likeness (QED) is 0.502. The lowest BCUT2D eigenvalue weighted by Gasteiger charge is -2.16. The molecular formula is C10H14O5. The van der Waals surface area contributed by atoms with Gasteiger partial charge in [-0.3, -0.25) is 0 Å². The zero-order valence-corrected chi connectivity index (χ0v) is 8.51. The van der Waals surface area contributed by atoms with Gasteiger partial charge in [0.2, 0.25) is 0 Å². The number of carbonyl (C=O) groups excluding carboxylic acids is 1. The molecule has 2 aliphatic heterocycles. The van der Waals surface area contributed by atoms with E-state index in [-0.39, 0.29) is 25.4 Å². The molecule has 84 valence electrons. The third-order valence-electron chi connectivity index (χ3n) is 2.59. The number of carbonyl (C=O) groups is 1. The normalized spacial score (nSPS) is 38.8. The molecule has 1 N–H and O–H groups in total. The average Bonchev–Trinajstić information content (AvgIpc) is 2.71. The van der Waals surface area contributed by atoms with E-state index in [1.165, 1.54) is 0 Å². The molecule has 15 heavy (non-hydrogen) atoms. The Labute approximate surface area is 87.6 Å². The SMILES string of the molecule is C=C(C)C(=O)OC1COC2C1OC[C@H]2O. The largest absolute Gasteiger partial charge is 0.454 e. The number of rotatable bonds is 2. The van der Waals surface area contributed by atoms with Crippen LogP contribution in [0.5, 0.6) is 0 Å². The molecule has 2 heterocycles. The molecule has 3 unspecified atom stereocenters. The van der Waals surface area contributed by atoms with Gasteiger partial charge in [0.05, 0.1) is 13.2 Å². The lowest BCUT2D eigenvalue weighted by Crippen LogP contribution is -2.34. The third kappa shape index (κ3) is 1.90. The van der Waals surface area contributed by atoms with Crippen molar-refractivity contribution in [1.29, 1.82) is 0 Å². The maximum Gasteiger partial charge on any atom is 0.333 e. The molecule has 0 aliphatic carbocycles. The summed E-state index contributed by atoms with van der Waals surface area (Å²) in [4.78, 5) is 11.3. The van der Waals surface area contributed by atoms with E-state index in [0.29, 0.717) is 5.57 Å². The van der Waals surface area contributed by atoms with Gasteiger partial charge in [-0.15, -0.1) is 0 Å². The summed E-state index contributed by atoms with van der Waals surface area (Å²) in [5.41, 5.74) is 0.344. The summed E-state index contributed by atoms with van der Waals surface area (Å²) in [7, 11) is 0. The smallest absolute Gasteiger partial charge is 0.333 e. The van der Waals surface area contributed by atoms with Crippen molar-refractivity contribution in [1.82, 2.24) is 0 Å². The topological polar surface area (TPSA) is 65.0 Å². The van der Waals surface area contributed by atoms with Crippen molar-refractivity contribution in [3.05, 3.63) is 12.2 Å². The predicted octanol–water partition coefficient (Wildman–Crippen LogP) is -0.367. The summed E-state index contributed by atoms with van der Waals surface area (Å²) >= 11 is 0. The van der Waals surface area contributed by atoms with Gasteiger partial charge >= 0.3 is 5.97 Å². The van der Waals surface area contributed by atoms with Crippen molar-refractivity contribution >= 4 is 5.97 Å². The molecule has 2 rings (SSSR count). The lowest BCUT2D eigenvalue weighted by atomic mass is 10.1. The van der Waals surface area contributed by atoms with Crippen LogP contribution in [-0.2, 0) is 19.0 Å². The Morgan fingerprint density at radius 1 is 1.40 bits per heavy atom. The molecule has 0 bridgehead atoms. The zero-order chi connectivity index (χ0) is 11.0. The minimum Gasteiger partial charge on any atom is -0.454 e. The number of hydrogen-bond donors (Lipinski definition) is 1. The molecule has 5 heteroatoms. The molecule has 0 aromatic heterocycles. The lowest BCUT2D eigenvalue weighted by molar-refractivity contribution is -0.148. The molecule has 0 aromatic carbocycles. The highest BCUT2D eigenvalue weighted by Crippen LogP contribution is 2.28. The molecule has 2 saturated heterocycles. The highest BCUT2D eigenvalue weighted by Gasteiger charge is 2.48. The number of esters is 1. The van der Waals surface area contributed by atoms with E-state index in [1.54, 1.807) is 6.92 Å². The molecule has 0 aromatic rings. The second-order valence-electron chi connectivity index (χ2n) is 3.89. The molecule has 0 amide bonds. The Balaban J connectivity index is 1.95. The zero-order valence-electron chi connectivity index (χ0n) is 8.51. The first-order valence-electron chi connectivity index (χ1n) is 4.87. The summed E-state index contributed by atoms with van der Waals surface area (Å²) in [6.07, 6.45) is -1.77. The van der Waals surface area contributed by atoms with Gasteiger partial charge in [0.25, 0.3) is 0 Å². The molecule has 0 radical (unpaired) electrons. The fourth-order valence-electron chi connectivity index (χ4n) is 1.78. The van der Waals surface area contributed by atoms with E-state index in [2.05, 4.69) is 6.58 Å². The molecule has 0 spiro atoms. The van der Waals surface area contributed by atoms with Crippen molar-refractivity contribution in [2.24, 2.45) is 0 Å². The number of hydrogen-bond acceptors (Lipinski definition) is 5. The van der Waals surface area contributed by atoms with Crippen LogP contribution in [0.15, 0.2) is 12.2 Å². The fraction of sp³-hybridized carbons (Fsp3) is 0.700. The standard InChI is InChI=1S/C10H14O5/c1-5(2)10(12)15-7-4-14-8-6(11)3-13-9(7)8/h6-9,11H,1,3-4H2,2H3/t6-,7?,8?,9?/m1/s1. The van der Waals surface area contributed by atoms with E-state index >= 15 is 0 Å². The van der Waals surface area contributed by atoms with Crippen LogP contribution in [0.1, 0.15) is 6.92 Å². The minimum absolute atomic E-state index is 0.233. The summed E-state index contributed by atoms with van der Waals surface area (Å²) < 4.78 is 15.7. The molecule has 2 fully saturated rings. The van der Waals surface area contributed by atoms with Crippen LogP contribution in [0.3, 0.4) is 0 Å². The summed E-state index contributed by atoms with van der Waals surface area (Å²) in [5.74, 6) is -0.450. The second kappa shape index (κ2) is 3.92. The summed E-state index contributed by atoms with van der Waals surface area (Å²) in [6, 6.07) is 0. The highest BCUT2D eigenvalue weighted by atomic mass is 16.6. The van der Waals surface area contributed by atoms with Crippen LogP contribution in [0, 0.1) is 0 Å². The van der Waals surface area contributed by atoms with Crippen molar-refractivity contribution in [3.8, 4) is 0 Å². The Kier molecular flexibility index (Phi) is 2.77. The van der Waals surface area contributed by atoms with Crippen molar-refractivity contribution in [3.63, 3.8) is 0 Å². The van der Waals surface area contributed by atoms with Gasteiger partial charge in [-0.25, -0.2) is 4.79 Å². The average molecular weight is 214 g/mol. The summed E-state index contributed by atoms with van der Waals surface area (Å²) in [6.45, 7) is 5.58. The molecule has 0 saturated carbocycles. The van der Waals surface area contributed by atoms with Crippen LogP contribution in [0.25, 0.3) is 0 Å².